The molecule has 0 unspecified atom stereocenters. The van der Waals surface area contributed by atoms with Crippen molar-refractivity contribution in [2.75, 3.05) is 10.6 Å². The van der Waals surface area contributed by atoms with Crippen molar-refractivity contribution >= 4 is 34.7 Å². The van der Waals surface area contributed by atoms with E-state index in [1.807, 2.05) is 55.5 Å². The maximum atomic E-state index is 12.1. The van der Waals surface area contributed by atoms with Crippen LogP contribution in [-0.2, 0) is 0 Å². The van der Waals surface area contributed by atoms with E-state index < -0.39 is 0 Å². The second-order valence-electron chi connectivity index (χ2n) is 5.16. The third kappa shape index (κ3) is 3.70. The molecule has 0 aliphatic carbocycles. The molecule has 2 aromatic carbocycles. The predicted octanol–water partition coefficient (Wildman–Crippen LogP) is 4.43. The number of anilines is 3. The molecule has 0 saturated heterocycles. The summed E-state index contributed by atoms with van der Waals surface area (Å²) in [6.45, 7) is 1.92. The molecule has 0 saturated carbocycles. The quantitative estimate of drug-likeness (QED) is 0.738. The summed E-state index contributed by atoms with van der Waals surface area (Å²) in [5, 5.41) is 14.6. The van der Waals surface area contributed by atoms with Crippen LogP contribution in [0.5, 0.6) is 0 Å². The first kappa shape index (κ1) is 16.0. The molecule has 0 aliphatic heterocycles. The van der Waals surface area contributed by atoms with Crippen LogP contribution in [0.25, 0.3) is 0 Å². The maximum absolute atomic E-state index is 12.1. The van der Waals surface area contributed by atoms with Gasteiger partial charge in [-0.2, -0.15) is 0 Å². The van der Waals surface area contributed by atoms with Crippen molar-refractivity contribution < 1.29 is 4.79 Å². The topological polar surface area (TPSA) is 66.9 Å². The Morgan fingerprint density at radius 1 is 0.958 bits per heavy atom. The van der Waals surface area contributed by atoms with Crippen molar-refractivity contribution in [3.8, 4) is 0 Å². The zero-order valence-electron chi connectivity index (χ0n) is 13.0. The number of carbonyl (C=O) groups is 1. The van der Waals surface area contributed by atoms with Crippen LogP contribution in [0.1, 0.15) is 16.1 Å². The number of rotatable bonds is 4. The maximum Gasteiger partial charge on any atom is 0.276 e. The minimum Gasteiger partial charge on any atom is -0.338 e. The average molecular weight is 339 g/mol. The fraction of sp³-hybridized carbons (Fsp3) is 0.0556. The number of para-hydroxylation sites is 1. The van der Waals surface area contributed by atoms with Crippen molar-refractivity contribution in [2.24, 2.45) is 0 Å². The molecular weight excluding hydrogens is 324 g/mol. The third-order valence-electron chi connectivity index (χ3n) is 3.46. The number of aromatic nitrogens is 2. The van der Waals surface area contributed by atoms with Crippen LogP contribution < -0.4 is 10.6 Å². The fourth-order valence-electron chi connectivity index (χ4n) is 2.12. The standard InChI is InChI=1S/C18H15ClN4O/c1-12-14(19)8-5-9-15(12)21-17-11-10-16(22-23-17)18(24)20-13-6-3-2-4-7-13/h2-11H,1H3,(H,20,24)(H,21,23). The first-order chi connectivity index (χ1) is 11.6. The minimum atomic E-state index is -0.306. The highest BCUT2D eigenvalue weighted by Crippen LogP contribution is 2.25. The second-order valence-corrected chi connectivity index (χ2v) is 5.57. The molecule has 1 aromatic heterocycles. The van der Waals surface area contributed by atoms with Gasteiger partial charge in [0, 0.05) is 16.4 Å². The highest BCUT2D eigenvalue weighted by molar-refractivity contribution is 6.31. The lowest BCUT2D eigenvalue weighted by Crippen LogP contribution is -2.14. The van der Waals surface area contributed by atoms with Gasteiger partial charge in [0.2, 0.25) is 0 Å². The molecule has 2 N–H and O–H groups in total. The third-order valence-corrected chi connectivity index (χ3v) is 3.87. The molecule has 3 rings (SSSR count). The molecule has 3 aromatic rings. The highest BCUT2D eigenvalue weighted by atomic mass is 35.5. The normalized spacial score (nSPS) is 10.2. The number of hydrogen-bond donors (Lipinski definition) is 2. The van der Waals surface area contributed by atoms with E-state index in [-0.39, 0.29) is 11.6 Å². The Morgan fingerprint density at radius 2 is 1.75 bits per heavy atom. The predicted molar refractivity (Wildman–Crippen MR) is 95.9 cm³/mol. The summed E-state index contributed by atoms with van der Waals surface area (Å²) >= 11 is 6.09. The van der Waals surface area contributed by atoms with Crippen molar-refractivity contribution in [1.29, 1.82) is 0 Å². The first-order valence-corrected chi connectivity index (χ1v) is 7.73. The molecular formula is C18H15ClN4O. The van der Waals surface area contributed by atoms with Gasteiger partial charge in [-0.05, 0) is 48.9 Å². The van der Waals surface area contributed by atoms with Gasteiger partial charge in [-0.3, -0.25) is 4.79 Å². The Kier molecular flexibility index (Phi) is 4.72. The van der Waals surface area contributed by atoms with Crippen molar-refractivity contribution in [3.63, 3.8) is 0 Å². The molecule has 1 amide bonds. The molecule has 0 fully saturated rings. The Bertz CT molecular complexity index is 851. The van der Waals surface area contributed by atoms with E-state index in [0.29, 0.717) is 16.5 Å². The Balaban J connectivity index is 1.71. The average Bonchev–Trinajstić information content (AvgIpc) is 2.60. The van der Waals surface area contributed by atoms with E-state index in [1.165, 1.54) is 0 Å². The van der Waals surface area contributed by atoms with Gasteiger partial charge in [-0.15, -0.1) is 10.2 Å². The molecule has 6 heteroatoms. The summed E-state index contributed by atoms with van der Waals surface area (Å²) in [6, 6.07) is 18.1. The van der Waals surface area contributed by atoms with Gasteiger partial charge in [0.15, 0.2) is 11.5 Å². The summed E-state index contributed by atoms with van der Waals surface area (Å²) in [4.78, 5) is 12.1. The monoisotopic (exact) mass is 338 g/mol. The molecule has 120 valence electrons. The Labute approximate surface area is 144 Å². The van der Waals surface area contributed by atoms with Crippen LogP contribution in [0.2, 0.25) is 5.02 Å². The number of benzene rings is 2. The SMILES string of the molecule is Cc1c(Cl)cccc1Nc1ccc(C(=O)Nc2ccccc2)nn1. The van der Waals surface area contributed by atoms with E-state index >= 15 is 0 Å². The first-order valence-electron chi connectivity index (χ1n) is 7.36. The van der Waals surface area contributed by atoms with Gasteiger partial charge in [-0.1, -0.05) is 35.9 Å². The van der Waals surface area contributed by atoms with Gasteiger partial charge >= 0.3 is 0 Å². The van der Waals surface area contributed by atoms with E-state index in [4.69, 9.17) is 11.6 Å². The van der Waals surface area contributed by atoms with Crippen LogP contribution in [0.3, 0.4) is 0 Å². The minimum absolute atomic E-state index is 0.243. The van der Waals surface area contributed by atoms with Crippen LogP contribution in [0.15, 0.2) is 60.7 Å². The fourth-order valence-corrected chi connectivity index (χ4v) is 2.29. The largest absolute Gasteiger partial charge is 0.338 e. The molecule has 0 atom stereocenters. The Morgan fingerprint density at radius 3 is 2.46 bits per heavy atom. The van der Waals surface area contributed by atoms with E-state index in [2.05, 4.69) is 20.8 Å². The zero-order chi connectivity index (χ0) is 16.9. The second kappa shape index (κ2) is 7.10. The summed E-state index contributed by atoms with van der Waals surface area (Å²) < 4.78 is 0. The van der Waals surface area contributed by atoms with Crippen LogP contribution in [0, 0.1) is 6.92 Å². The molecule has 24 heavy (non-hydrogen) atoms. The molecule has 1 heterocycles. The summed E-state index contributed by atoms with van der Waals surface area (Å²) in [7, 11) is 0. The van der Waals surface area contributed by atoms with Crippen molar-refractivity contribution in [2.45, 2.75) is 6.92 Å². The summed E-state index contributed by atoms with van der Waals surface area (Å²) in [5.74, 6) is 0.232. The smallest absolute Gasteiger partial charge is 0.276 e. The molecule has 0 aliphatic rings. The van der Waals surface area contributed by atoms with Crippen LogP contribution in [0.4, 0.5) is 17.2 Å². The van der Waals surface area contributed by atoms with Crippen LogP contribution in [-0.4, -0.2) is 16.1 Å². The Hall–Kier alpha value is -2.92. The number of halogens is 1. The highest BCUT2D eigenvalue weighted by Gasteiger charge is 2.09. The molecule has 0 radical (unpaired) electrons. The number of nitrogens with one attached hydrogen (secondary N) is 2. The van der Waals surface area contributed by atoms with Gasteiger partial charge in [0.1, 0.15) is 0 Å². The lowest BCUT2D eigenvalue weighted by Gasteiger charge is -2.09. The number of hydrogen-bond acceptors (Lipinski definition) is 4. The van der Waals surface area contributed by atoms with E-state index in [9.17, 15) is 4.79 Å². The van der Waals surface area contributed by atoms with E-state index in [0.717, 1.165) is 11.3 Å². The van der Waals surface area contributed by atoms with Gasteiger partial charge in [0.25, 0.3) is 5.91 Å². The number of nitrogens with zero attached hydrogens (tertiary/aromatic N) is 2. The van der Waals surface area contributed by atoms with Gasteiger partial charge in [0.05, 0.1) is 0 Å². The van der Waals surface area contributed by atoms with Crippen molar-refractivity contribution in [1.82, 2.24) is 10.2 Å². The number of carbonyl (C=O) groups excluding carboxylic acids is 1. The van der Waals surface area contributed by atoms with Crippen molar-refractivity contribution in [3.05, 3.63) is 76.9 Å². The van der Waals surface area contributed by atoms with Gasteiger partial charge < -0.3 is 10.6 Å². The molecule has 0 bridgehead atoms. The van der Waals surface area contributed by atoms with Gasteiger partial charge in [-0.25, -0.2) is 0 Å². The summed E-state index contributed by atoms with van der Waals surface area (Å²) in [6.07, 6.45) is 0. The molecule has 0 spiro atoms. The molecule has 5 nitrogen and oxygen atoms in total. The van der Waals surface area contributed by atoms with Crippen LogP contribution >= 0.6 is 11.6 Å². The summed E-state index contributed by atoms with van der Waals surface area (Å²) in [5.41, 5.74) is 2.72. The lowest BCUT2D eigenvalue weighted by molar-refractivity contribution is 0.102. The number of amides is 1. The van der Waals surface area contributed by atoms with E-state index in [1.54, 1.807) is 12.1 Å². The lowest BCUT2D eigenvalue weighted by atomic mass is 10.2. The zero-order valence-corrected chi connectivity index (χ0v) is 13.7.